The van der Waals surface area contributed by atoms with Crippen LogP contribution in [0.1, 0.15) is 84.0 Å². The van der Waals surface area contributed by atoms with Crippen LogP contribution in [0.5, 0.6) is 0 Å². The molecule has 0 amide bonds. The fourth-order valence-corrected chi connectivity index (χ4v) is 2.93. The third-order valence-electron chi connectivity index (χ3n) is 4.58. The van der Waals surface area contributed by atoms with Crippen molar-refractivity contribution in [3.63, 3.8) is 0 Å². The predicted octanol–water partition coefficient (Wildman–Crippen LogP) is 2.67. The van der Waals surface area contributed by atoms with Crippen LogP contribution < -0.4 is 0 Å². The number of rotatable bonds is 16. The van der Waals surface area contributed by atoms with E-state index in [1.165, 1.54) is 51.9 Å². The SMILES string of the molecule is CC(O)(CO)OC(=O)C1OC1CCCCCCCCCCCCCO. The van der Waals surface area contributed by atoms with Gasteiger partial charge in [-0.2, -0.15) is 0 Å². The first kappa shape index (κ1) is 22.4. The van der Waals surface area contributed by atoms with Crippen LogP contribution in [-0.4, -0.2) is 52.5 Å². The highest BCUT2D eigenvalue weighted by atomic mass is 16.7. The Morgan fingerprint density at radius 3 is 1.88 bits per heavy atom. The summed E-state index contributed by atoms with van der Waals surface area (Å²) in [5.74, 6) is -2.42. The van der Waals surface area contributed by atoms with Gasteiger partial charge in [0.15, 0.2) is 6.10 Å². The predicted molar refractivity (Wildman–Crippen MR) is 95.0 cm³/mol. The Morgan fingerprint density at radius 2 is 1.40 bits per heavy atom. The number of carbonyl (C=O) groups is 1. The van der Waals surface area contributed by atoms with E-state index in [-0.39, 0.29) is 6.10 Å². The molecule has 0 saturated carbocycles. The molecule has 0 spiro atoms. The van der Waals surface area contributed by atoms with Gasteiger partial charge in [-0.05, 0) is 12.8 Å². The van der Waals surface area contributed by atoms with E-state index in [2.05, 4.69) is 0 Å². The van der Waals surface area contributed by atoms with Crippen LogP contribution in [0.25, 0.3) is 0 Å². The average molecular weight is 360 g/mol. The molecule has 1 rings (SSSR count). The maximum absolute atomic E-state index is 11.7. The Bertz CT molecular complexity index is 358. The lowest BCUT2D eigenvalue weighted by atomic mass is 10.0. The fraction of sp³-hybridized carbons (Fsp3) is 0.947. The van der Waals surface area contributed by atoms with Crippen molar-refractivity contribution in [1.29, 1.82) is 0 Å². The van der Waals surface area contributed by atoms with Gasteiger partial charge in [0.05, 0.1) is 6.10 Å². The summed E-state index contributed by atoms with van der Waals surface area (Å²) in [6.45, 7) is 0.938. The number of hydrogen-bond acceptors (Lipinski definition) is 6. The summed E-state index contributed by atoms with van der Waals surface area (Å²) in [4.78, 5) is 11.7. The molecule has 0 bridgehead atoms. The number of ether oxygens (including phenoxy) is 2. The molecule has 6 nitrogen and oxygen atoms in total. The lowest BCUT2D eigenvalue weighted by Gasteiger charge is -2.19. The molecular weight excluding hydrogens is 324 g/mol. The van der Waals surface area contributed by atoms with Crippen LogP contribution in [0.4, 0.5) is 0 Å². The van der Waals surface area contributed by atoms with Gasteiger partial charge in [0, 0.05) is 13.5 Å². The molecule has 3 atom stereocenters. The molecular formula is C19H36O6. The molecule has 148 valence electrons. The Kier molecular flexibility index (Phi) is 11.3. The highest BCUT2D eigenvalue weighted by molar-refractivity contribution is 5.78. The number of unbranched alkanes of at least 4 members (excludes halogenated alkanes) is 10. The van der Waals surface area contributed by atoms with Gasteiger partial charge in [-0.1, -0.05) is 64.2 Å². The topological polar surface area (TPSA) is 99.5 Å². The van der Waals surface area contributed by atoms with Gasteiger partial charge in [0.25, 0.3) is 0 Å². The van der Waals surface area contributed by atoms with Crippen LogP contribution in [0.2, 0.25) is 0 Å². The summed E-state index contributed by atoms with van der Waals surface area (Å²) in [6, 6.07) is 0. The van der Waals surface area contributed by atoms with Crippen LogP contribution >= 0.6 is 0 Å². The molecule has 1 aliphatic rings. The Balaban J connectivity index is 1.86. The number of carbonyl (C=O) groups excluding carboxylic acids is 1. The highest BCUT2D eigenvalue weighted by Gasteiger charge is 2.47. The number of esters is 1. The van der Waals surface area contributed by atoms with Crippen molar-refractivity contribution in [3.05, 3.63) is 0 Å². The third kappa shape index (κ3) is 10.8. The van der Waals surface area contributed by atoms with Gasteiger partial charge in [-0.3, -0.25) is 0 Å². The largest absolute Gasteiger partial charge is 0.429 e. The number of aliphatic hydroxyl groups excluding tert-OH is 2. The second-order valence-electron chi connectivity index (χ2n) is 7.25. The van der Waals surface area contributed by atoms with Gasteiger partial charge in [-0.15, -0.1) is 0 Å². The van der Waals surface area contributed by atoms with E-state index >= 15 is 0 Å². The molecule has 6 heteroatoms. The first-order valence-electron chi connectivity index (χ1n) is 9.82. The zero-order chi connectivity index (χ0) is 18.5. The first-order chi connectivity index (χ1) is 12.0. The summed E-state index contributed by atoms with van der Waals surface area (Å²) in [7, 11) is 0. The summed E-state index contributed by atoms with van der Waals surface area (Å²) < 4.78 is 10.1. The van der Waals surface area contributed by atoms with Crippen molar-refractivity contribution in [1.82, 2.24) is 0 Å². The van der Waals surface area contributed by atoms with Crippen LogP contribution in [-0.2, 0) is 14.3 Å². The zero-order valence-electron chi connectivity index (χ0n) is 15.6. The van der Waals surface area contributed by atoms with Crippen molar-refractivity contribution < 1.29 is 29.6 Å². The van der Waals surface area contributed by atoms with Crippen LogP contribution in [0.15, 0.2) is 0 Å². The number of aliphatic hydroxyl groups is 3. The van der Waals surface area contributed by atoms with Gasteiger partial charge in [0.1, 0.15) is 6.61 Å². The second-order valence-corrected chi connectivity index (χ2v) is 7.25. The standard InChI is InChI=1S/C19H36O6/c1-19(23,15-21)25-18(22)17-16(24-17)13-11-9-7-5-3-2-4-6-8-10-12-14-20/h16-17,20-21,23H,2-15H2,1H3. The maximum atomic E-state index is 11.7. The smallest absolute Gasteiger partial charge is 0.340 e. The molecule has 0 aliphatic carbocycles. The summed E-state index contributed by atoms with van der Waals surface area (Å²) in [6.07, 6.45) is 13.3. The Morgan fingerprint density at radius 1 is 0.920 bits per heavy atom. The lowest BCUT2D eigenvalue weighted by Crippen LogP contribution is -2.37. The van der Waals surface area contributed by atoms with E-state index < -0.39 is 24.5 Å². The molecule has 3 N–H and O–H groups in total. The third-order valence-corrected chi connectivity index (χ3v) is 4.58. The zero-order valence-corrected chi connectivity index (χ0v) is 15.6. The van der Waals surface area contributed by atoms with E-state index in [9.17, 15) is 9.90 Å². The molecule has 3 unspecified atom stereocenters. The minimum Gasteiger partial charge on any atom is -0.429 e. The van der Waals surface area contributed by atoms with Crippen molar-refractivity contribution in [3.8, 4) is 0 Å². The summed E-state index contributed by atoms with van der Waals surface area (Å²) >= 11 is 0. The Labute approximate surface area is 151 Å². The van der Waals surface area contributed by atoms with Gasteiger partial charge in [-0.25, -0.2) is 4.79 Å². The normalized spacial score (nSPS) is 21.8. The first-order valence-corrected chi connectivity index (χ1v) is 9.82. The molecule has 25 heavy (non-hydrogen) atoms. The highest BCUT2D eigenvalue weighted by Crippen LogP contribution is 2.29. The number of hydrogen-bond donors (Lipinski definition) is 3. The molecule has 0 aromatic carbocycles. The van der Waals surface area contributed by atoms with E-state index in [0.29, 0.717) is 6.61 Å². The molecule has 0 aromatic heterocycles. The molecule has 1 aliphatic heterocycles. The second kappa shape index (κ2) is 12.6. The number of epoxide rings is 1. The molecule has 1 fully saturated rings. The van der Waals surface area contributed by atoms with Gasteiger partial charge < -0.3 is 24.8 Å². The Hall–Kier alpha value is -0.690. The van der Waals surface area contributed by atoms with Crippen molar-refractivity contribution in [2.75, 3.05) is 13.2 Å². The quantitative estimate of drug-likeness (QED) is 0.169. The van der Waals surface area contributed by atoms with Crippen LogP contribution in [0, 0.1) is 0 Å². The van der Waals surface area contributed by atoms with E-state index in [1.54, 1.807) is 0 Å². The summed E-state index contributed by atoms with van der Waals surface area (Å²) in [5, 5.41) is 27.0. The van der Waals surface area contributed by atoms with Crippen molar-refractivity contribution in [2.24, 2.45) is 0 Å². The molecule has 0 radical (unpaired) electrons. The average Bonchev–Trinajstić information content (AvgIpc) is 3.35. The minimum absolute atomic E-state index is 0.0964. The van der Waals surface area contributed by atoms with Gasteiger partial charge in [0.2, 0.25) is 5.79 Å². The molecule has 1 saturated heterocycles. The maximum Gasteiger partial charge on any atom is 0.340 e. The van der Waals surface area contributed by atoms with Crippen molar-refractivity contribution >= 4 is 5.97 Å². The van der Waals surface area contributed by atoms with E-state index in [0.717, 1.165) is 32.1 Å². The van der Waals surface area contributed by atoms with Gasteiger partial charge >= 0.3 is 5.97 Å². The minimum atomic E-state index is -1.83. The summed E-state index contributed by atoms with van der Waals surface area (Å²) in [5.41, 5.74) is 0. The van der Waals surface area contributed by atoms with E-state index in [1.807, 2.05) is 0 Å². The van der Waals surface area contributed by atoms with Crippen molar-refractivity contribution in [2.45, 2.75) is 102 Å². The monoisotopic (exact) mass is 360 g/mol. The van der Waals surface area contributed by atoms with E-state index in [4.69, 9.17) is 19.7 Å². The molecule has 0 aromatic rings. The van der Waals surface area contributed by atoms with Crippen LogP contribution in [0.3, 0.4) is 0 Å². The lowest BCUT2D eigenvalue weighted by molar-refractivity contribution is -0.215. The molecule has 1 heterocycles. The fourth-order valence-electron chi connectivity index (χ4n) is 2.93.